The van der Waals surface area contributed by atoms with Crippen LogP contribution < -0.4 is 0 Å². The molecule has 0 bridgehead atoms. The first kappa shape index (κ1) is 11.6. The Bertz CT molecular complexity index is 299. The van der Waals surface area contributed by atoms with Crippen LogP contribution in [0.3, 0.4) is 0 Å². The number of hydrogen-bond donors (Lipinski definition) is 0. The third-order valence-corrected chi connectivity index (χ3v) is 2.65. The summed E-state index contributed by atoms with van der Waals surface area (Å²) in [5.74, 6) is -0.275. The predicted molar refractivity (Wildman–Crippen MR) is 54.7 cm³/mol. The second-order valence-corrected chi connectivity index (χ2v) is 3.79. The van der Waals surface area contributed by atoms with Gasteiger partial charge in [0.05, 0.1) is 12.7 Å². The van der Waals surface area contributed by atoms with Crippen molar-refractivity contribution in [3.05, 3.63) is 11.6 Å². The standard InChI is InChI=1S/C11H16O5/c1-3-14-11(12)7-4-8(15-6-13-2)10-9(5-7)16-10/h5,8-10H,3-4,6H2,1-2H3/t8-,9-,10+/m1/s1. The summed E-state index contributed by atoms with van der Waals surface area (Å²) in [5.41, 5.74) is 0.640. The summed E-state index contributed by atoms with van der Waals surface area (Å²) in [7, 11) is 1.57. The average molecular weight is 228 g/mol. The fourth-order valence-electron chi connectivity index (χ4n) is 1.85. The van der Waals surface area contributed by atoms with Crippen LogP contribution >= 0.6 is 0 Å². The Morgan fingerprint density at radius 1 is 1.62 bits per heavy atom. The van der Waals surface area contributed by atoms with Crippen LogP contribution in [0, 0.1) is 0 Å². The van der Waals surface area contributed by atoms with Gasteiger partial charge in [0, 0.05) is 19.1 Å². The molecule has 2 aliphatic rings. The number of methoxy groups -OCH3 is 1. The number of hydrogen-bond acceptors (Lipinski definition) is 5. The molecule has 1 saturated heterocycles. The Morgan fingerprint density at radius 2 is 2.44 bits per heavy atom. The number of epoxide rings is 1. The quantitative estimate of drug-likeness (QED) is 0.392. The van der Waals surface area contributed by atoms with Gasteiger partial charge in [0.1, 0.15) is 19.0 Å². The second kappa shape index (κ2) is 4.95. The van der Waals surface area contributed by atoms with Gasteiger partial charge in [0.25, 0.3) is 0 Å². The van der Waals surface area contributed by atoms with Crippen molar-refractivity contribution in [3.63, 3.8) is 0 Å². The van der Waals surface area contributed by atoms with Gasteiger partial charge in [0.15, 0.2) is 0 Å². The first-order valence-electron chi connectivity index (χ1n) is 5.40. The van der Waals surface area contributed by atoms with Gasteiger partial charge < -0.3 is 18.9 Å². The molecule has 5 nitrogen and oxygen atoms in total. The highest BCUT2D eigenvalue weighted by Crippen LogP contribution is 2.37. The molecule has 3 atom stereocenters. The van der Waals surface area contributed by atoms with Crippen molar-refractivity contribution in [1.29, 1.82) is 0 Å². The summed E-state index contributed by atoms with van der Waals surface area (Å²) < 4.78 is 20.6. The van der Waals surface area contributed by atoms with Crippen LogP contribution in [-0.2, 0) is 23.7 Å². The van der Waals surface area contributed by atoms with E-state index in [2.05, 4.69) is 0 Å². The van der Waals surface area contributed by atoms with E-state index in [4.69, 9.17) is 18.9 Å². The molecule has 1 heterocycles. The van der Waals surface area contributed by atoms with Crippen LogP contribution in [0.15, 0.2) is 11.6 Å². The highest BCUT2D eigenvalue weighted by Gasteiger charge is 2.48. The maximum absolute atomic E-state index is 11.5. The normalized spacial score (nSPS) is 31.6. The minimum atomic E-state index is -0.275. The van der Waals surface area contributed by atoms with Gasteiger partial charge in [-0.25, -0.2) is 4.79 Å². The lowest BCUT2D eigenvalue weighted by molar-refractivity contribution is -0.139. The van der Waals surface area contributed by atoms with Crippen LogP contribution in [0.2, 0.25) is 0 Å². The molecule has 0 aromatic heterocycles. The van der Waals surface area contributed by atoms with Crippen molar-refractivity contribution < 1.29 is 23.7 Å². The Balaban J connectivity index is 1.93. The summed E-state index contributed by atoms with van der Waals surface area (Å²) in [6.07, 6.45) is 2.34. The van der Waals surface area contributed by atoms with E-state index >= 15 is 0 Å². The summed E-state index contributed by atoms with van der Waals surface area (Å²) in [6, 6.07) is 0. The predicted octanol–water partition coefficient (Wildman–Crippen LogP) is 0.636. The number of fused-ring (bicyclic) bond motifs is 1. The lowest BCUT2D eigenvalue weighted by atomic mass is 9.97. The third kappa shape index (κ3) is 2.42. The first-order chi connectivity index (χ1) is 7.76. The van der Waals surface area contributed by atoms with E-state index in [0.29, 0.717) is 18.6 Å². The molecule has 0 unspecified atom stereocenters. The largest absolute Gasteiger partial charge is 0.463 e. The second-order valence-electron chi connectivity index (χ2n) is 3.79. The number of ether oxygens (including phenoxy) is 4. The lowest BCUT2D eigenvalue weighted by Gasteiger charge is -2.19. The van der Waals surface area contributed by atoms with Crippen LogP contribution in [0.25, 0.3) is 0 Å². The number of carbonyl (C=O) groups excluding carboxylic acids is 1. The van der Waals surface area contributed by atoms with Crippen molar-refractivity contribution in [2.24, 2.45) is 0 Å². The van der Waals surface area contributed by atoms with E-state index in [-0.39, 0.29) is 31.1 Å². The van der Waals surface area contributed by atoms with Crippen LogP contribution in [0.5, 0.6) is 0 Å². The zero-order valence-electron chi connectivity index (χ0n) is 9.47. The molecule has 0 saturated carbocycles. The SMILES string of the molecule is CCOC(=O)C1=C[C@H]2O[C@H]2[C@H](OCOC)C1. The van der Waals surface area contributed by atoms with Gasteiger partial charge in [-0.2, -0.15) is 0 Å². The monoisotopic (exact) mass is 228 g/mol. The molecule has 2 rings (SSSR count). The molecule has 0 N–H and O–H groups in total. The maximum atomic E-state index is 11.5. The van der Waals surface area contributed by atoms with Crippen LogP contribution in [-0.4, -0.2) is 44.8 Å². The molecule has 0 aromatic rings. The van der Waals surface area contributed by atoms with E-state index in [1.165, 1.54) is 0 Å². The highest BCUT2D eigenvalue weighted by atomic mass is 16.7. The Morgan fingerprint density at radius 3 is 3.12 bits per heavy atom. The molecular formula is C11H16O5. The molecular weight excluding hydrogens is 212 g/mol. The summed E-state index contributed by atoms with van der Waals surface area (Å²) in [6.45, 7) is 2.39. The van der Waals surface area contributed by atoms with Gasteiger partial charge in [0.2, 0.25) is 0 Å². The van der Waals surface area contributed by atoms with Gasteiger partial charge in [-0.05, 0) is 13.0 Å². The molecule has 90 valence electrons. The van der Waals surface area contributed by atoms with Gasteiger partial charge in [-0.1, -0.05) is 0 Å². The Kier molecular flexibility index (Phi) is 3.58. The zero-order valence-corrected chi connectivity index (χ0v) is 9.47. The molecule has 0 radical (unpaired) electrons. The Hall–Kier alpha value is -0.910. The van der Waals surface area contributed by atoms with E-state index in [9.17, 15) is 4.79 Å². The fourth-order valence-corrected chi connectivity index (χ4v) is 1.85. The van der Waals surface area contributed by atoms with Crippen molar-refractivity contribution >= 4 is 5.97 Å². The third-order valence-electron chi connectivity index (χ3n) is 2.65. The average Bonchev–Trinajstić information content (AvgIpc) is 3.05. The van der Waals surface area contributed by atoms with E-state index in [1.54, 1.807) is 14.0 Å². The van der Waals surface area contributed by atoms with Gasteiger partial charge >= 0.3 is 5.97 Å². The smallest absolute Gasteiger partial charge is 0.333 e. The molecule has 0 aromatic carbocycles. The van der Waals surface area contributed by atoms with Gasteiger partial charge in [-0.15, -0.1) is 0 Å². The highest BCUT2D eigenvalue weighted by molar-refractivity contribution is 5.89. The van der Waals surface area contributed by atoms with Crippen molar-refractivity contribution in [3.8, 4) is 0 Å². The van der Waals surface area contributed by atoms with Crippen molar-refractivity contribution in [2.45, 2.75) is 31.7 Å². The minimum absolute atomic E-state index is 0.00927. The first-order valence-corrected chi connectivity index (χ1v) is 5.40. The number of rotatable bonds is 5. The number of esters is 1. The molecule has 1 aliphatic carbocycles. The molecule has 0 amide bonds. The summed E-state index contributed by atoms with van der Waals surface area (Å²) in [4.78, 5) is 11.5. The van der Waals surface area contributed by atoms with E-state index in [0.717, 1.165) is 0 Å². The fraction of sp³-hybridized carbons (Fsp3) is 0.727. The molecule has 1 fully saturated rings. The number of carbonyl (C=O) groups is 1. The molecule has 16 heavy (non-hydrogen) atoms. The minimum Gasteiger partial charge on any atom is -0.463 e. The van der Waals surface area contributed by atoms with E-state index in [1.807, 2.05) is 6.08 Å². The Labute approximate surface area is 94.3 Å². The van der Waals surface area contributed by atoms with Crippen LogP contribution in [0.4, 0.5) is 0 Å². The topological polar surface area (TPSA) is 57.3 Å². The van der Waals surface area contributed by atoms with Crippen LogP contribution in [0.1, 0.15) is 13.3 Å². The molecule has 0 spiro atoms. The summed E-state index contributed by atoms with van der Waals surface area (Å²) >= 11 is 0. The molecule has 1 aliphatic heterocycles. The van der Waals surface area contributed by atoms with E-state index < -0.39 is 0 Å². The summed E-state index contributed by atoms with van der Waals surface area (Å²) in [5, 5.41) is 0. The molecule has 5 heteroatoms. The van der Waals surface area contributed by atoms with Crippen molar-refractivity contribution in [1.82, 2.24) is 0 Å². The lowest BCUT2D eigenvalue weighted by Crippen LogP contribution is -2.28. The zero-order chi connectivity index (χ0) is 11.5. The maximum Gasteiger partial charge on any atom is 0.333 e. The van der Waals surface area contributed by atoms with Gasteiger partial charge in [-0.3, -0.25) is 0 Å². The van der Waals surface area contributed by atoms with Crippen molar-refractivity contribution in [2.75, 3.05) is 20.5 Å².